The molecule has 0 amide bonds. The topological polar surface area (TPSA) is 72.3 Å². The van der Waals surface area contributed by atoms with E-state index in [2.05, 4.69) is 10.0 Å². The van der Waals surface area contributed by atoms with Crippen molar-refractivity contribution in [1.82, 2.24) is 9.34 Å². The van der Waals surface area contributed by atoms with E-state index in [1.807, 2.05) is 30.4 Å². The summed E-state index contributed by atoms with van der Waals surface area (Å²) >= 11 is 0. The largest absolute Gasteiger partial charge is 0.288 e. The Morgan fingerprint density at radius 2 is 1.83 bits per heavy atom. The van der Waals surface area contributed by atoms with Gasteiger partial charge >= 0.3 is 0 Å². The van der Waals surface area contributed by atoms with Crippen molar-refractivity contribution in [2.24, 2.45) is 5.11 Å². The van der Waals surface area contributed by atoms with Crippen LogP contribution in [0.25, 0.3) is 10.4 Å². The predicted molar refractivity (Wildman–Crippen MR) is 72.4 cm³/mol. The lowest BCUT2D eigenvalue weighted by molar-refractivity contribution is 0.233. The highest BCUT2D eigenvalue weighted by Crippen LogP contribution is 2.65. The molecule has 0 aromatic carbocycles. The van der Waals surface area contributed by atoms with E-state index in [1.165, 1.54) is 12.8 Å². The van der Waals surface area contributed by atoms with Crippen LogP contribution in [-0.2, 0) is 4.57 Å². The van der Waals surface area contributed by atoms with Gasteiger partial charge in [-0.3, -0.25) is 4.57 Å². The van der Waals surface area contributed by atoms with Gasteiger partial charge in [0, 0.05) is 17.0 Å². The van der Waals surface area contributed by atoms with Crippen LogP contribution in [0.1, 0.15) is 39.0 Å². The zero-order valence-corrected chi connectivity index (χ0v) is 12.3. The van der Waals surface area contributed by atoms with E-state index in [1.54, 1.807) is 0 Å². The first-order valence-corrected chi connectivity index (χ1v) is 8.36. The SMILES string of the molecule is CC[C@@H](N=[N+]=[N-])P1(=O)N(C)[C@@H]2CCCC[C@H]2N1C. The van der Waals surface area contributed by atoms with E-state index in [0.29, 0.717) is 18.5 Å². The summed E-state index contributed by atoms with van der Waals surface area (Å²) in [6.45, 7) is 1.93. The van der Waals surface area contributed by atoms with Crippen molar-refractivity contribution in [3.05, 3.63) is 10.4 Å². The molecule has 1 aliphatic heterocycles. The molecule has 1 saturated heterocycles. The van der Waals surface area contributed by atoms with Gasteiger partial charge in [-0.2, -0.15) is 0 Å². The lowest BCUT2D eigenvalue weighted by Gasteiger charge is -2.31. The number of hydrogen-bond acceptors (Lipinski definition) is 2. The van der Waals surface area contributed by atoms with Crippen molar-refractivity contribution in [3.63, 3.8) is 0 Å². The maximum absolute atomic E-state index is 13.3. The van der Waals surface area contributed by atoms with Crippen molar-refractivity contribution in [2.75, 3.05) is 14.1 Å². The van der Waals surface area contributed by atoms with Gasteiger partial charge in [-0.15, -0.1) is 0 Å². The first kappa shape index (κ1) is 13.9. The number of nitrogens with zero attached hydrogens (tertiary/aromatic N) is 5. The summed E-state index contributed by atoms with van der Waals surface area (Å²) < 4.78 is 17.4. The minimum Gasteiger partial charge on any atom is -0.288 e. The number of rotatable bonds is 3. The molecule has 2 rings (SSSR count). The summed E-state index contributed by atoms with van der Waals surface area (Å²) in [5.74, 6) is -0.428. The Bertz CT molecular complexity index is 386. The molecule has 0 radical (unpaired) electrons. The Morgan fingerprint density at radius 1 is 1.33 bits per heavy atom. The van der Waals surface area contributed by atoms with Crippen LogP contribution < -0.4 is 0 Å². The standard InChI is InChI=1S/C11H22N5OP/c1-4-11(13-14-12)18(17)15(2)9-7-5-6-8-10(9)16(18)3/h9-11H,4-8H2,1-3H3/t9-,10-,11+/m1/s1. The van der Waals surface area contributed by atoms with Gasteiger partial charge in [0.1, 0.15) is 5.78 Å². The first-order chi connectivity index (χ1) is 8.57. The van der Waals surface area contributed by atoms with Gasteiger partial charge in [0.25, 0.3) is 0 Å². The third kappa shape index (κ3) is 1.88. The van der Waals surface area contributed by atoms with Gasteiger partial charge < -0.3 is 0 Å². The molecule has 0 spiro atoms. The Balaban J connectivity index is 2.36. The molecule has 0 aromatic heterocycles. The molecule has 0 aromatic rings. The summed E-state index contributed by atoms with van der Waals surface area (Å²) in [5.41, 5.74) is 8.67. The second-order valence-corrected chi connectivity index (χ2v) is 8.29. The van der Waals surface area contributed by atoms with Crippen LogP contribution in [0.15, 0.2) is 5.11 Å². The molecule has 1 aliphatic carbocycles. The van der Waals surface area contributed by atoms with E-state index in [-0.39, 0.29) is 0 Å². The Kier molecular flexibility index (Phi) is 4.02. The number of hydrogen-bond donors (Lipinski definition) is 0. The van der Waals surface area contributed by atoms with Crippen molar-refractivity contribution in [2.45, 2.75) is 56.9 Å². The molecule has 2 aliphatic rings. The number of azide groups is 1. The van der Waals surface area contributed by atoms with E-state index in [0.717, 1.165) is 12.8 Å². The number of fused-ring (bicyclic) bond motifs is 1. The third-order valence-electron chi connectivity index (χ3n) is 4.50. The molecule has 18 heavy (non-hydrogen) atoms. The lowest BCUT2D eigenvalue weighted by Crippen LogP contribution is -2.37. The Hall–Kier alpha value is -0.540. The molecule has 6 nitrogen and oxygen atoms in total. The maximum atomic E-state index is 13.3. The van der Waals surface area contributed by atoms with Crippen molar-refractivity contribution >= 4 is 7.44 Å². The third-order valence-corrected chi connectivity index (χ3v) is 8.14. The van der Waals surface area contributed by atoms with E-state index < -0.39 is 13.2 Å². The monoisotopic (exact) mass is 271 g/mol. The highest BCUT2D eigenvalue weighted by Gasteiger charge is 2.54. The average molecular weight is 271 g/mol. The molecule has 2 fully saturated rings. The zero-order valence-electron chi connectivity index (χ0n) is 11.4. The van der Waals surface area contributed by atoms with Crippen LogP contribution >= 0.6 is 7.44 Å². The molecule has 0 bridgehead atoms. The van der Waals surface area contributed by atoms with Crippen LogP contribution in [0.3, 0.4) is 0 Å². The second-order valence-electron chi connectivity index (χ2n) is 5.25. The van der Waals surface area contributed by atoms with Crippen LogP contribution in [0.4, 0.5) is 0 Å². The van der Waals surface area contributed by atoms with Gasteiger partial charge in [-0.1, -0.05) is 24.9 Å². The van der Waals surface area contributed by atoms with Gasteiger partial charge in [0.05, 0.1) is 0 Å². The minimum absolute atomic E-state index is 0.359. The van der Waals surface area contributed by atoms with E-state index >= 15 is 0 Å². The summed E-state index contributed by atoms with van der Waals surface area (Å²) in [5, 5.41) is 3.79. The smallest absolute Gasteiger partial charge is 0.225 e. The van der Waals surface area contributed by atoms with E-state index in [4.69, 9.17) is 5.53 Å². The van der Waals surface area contributed by atoms with Gasteiger partial charge in [-0.25, -0.2) is 9.34 Å². The van der Waals surface area contributed by atoms with Crippen molar-refractivity contribution in [3.8, 4) is 0 Å². The predicted octanol–water partition coefficient (Wildman–Crippen LogP) is 3.41. The van der Waals surface area contributed by atoms with Crippen LogP contribution in [0.5, 0.6) is 0 Å². The fraction of sp³-hybridized carbons (Fsp3) is 1.00. The van der Waals surface area contributed by atoms with E-state index in [9.17, 15) is 4.57 Å². The zero-order chi connectivity index (χ0) is 13.3. The lowest BCUT2D eigenvalue weighted by atomic mass is 9.91. The summed E-state index contributed by atoms with van der Waals surface area (Å²) in [6.07, 6.45) is 5.23. The summed E-state index contributed by atoms with van der Waals surface area (Å²) in [7, 11) is 1.13. The molecule has 1 saturated carbocycles. The van der Waals surface area contributed by atoms with Gasteiger partial charge in [0.15, 0.2) is 0 Å². The molecule has 7 heteroatoms. The van der Waals surface area contributed by atoms with Crippen LogP contribution in [0.2, 0.25) is 0 Å². The quantitative estimate of drug-likeness (QED) is 0.342. The minimum atomic E-state index is -2.74. The fourth-order valence-electron chi connectivity index (χ4n) is 3.48. The first-order valence-electron chi connectivity index (χ1n) is 6.67. The molecule has 0 N–H and O–H groups in total. The Morgan fingerprint density at radius 3 is 2.22 bits per heavy atom. The van der Waals surface area contributed by atoms with Crippen LogP contribution in [0, 0.1) is 0 Å². The molecule has 102 valence electrons. The Labute approximate surface area is 108 Å². The maximum Gasteiger partial charge on any atom is 0.225 e. The van der Waals surface area contributed by atoms with Gasteiger partial charge in [-0.05, 0) is 38.9 Å². The highest BCUT2D eigenvalue weighted by atomic mass is 31.2. The highest BCUT2D eigenvalue weighted by molar-refractivity contribution is 7.60. The molecule has 1 heterocycles. The molecular weight excluding hydrogens is 249 g/mol. The van der Waals surface area contributed by atoms with Gasteiger partial charge in [0.2, 0.25) is 7.44 Å². The normalized spacial score (nSPS) is 33.7. The molecular formula is C11H22N5OP. The fourth-order valence-corrected chi connectivity index (χ4v) is 6.81. The average Bonchev–Trinajstić information content (AvgIpc) is 2.60. The summed E-state index contributed by atoms with van der Waals surface area (Å²) in [4.78, 5) is 2.88. The van der Waals surface area contributed by atoms with Crippen molar-refractivity contribution in [1.29, 1.82) is 0 Å². The molecule has 3 atom stereocenters. The number of likely N-dealkylation sites (N-methyl/N-ethyl adjacent to an activating group) is 2. The summed E-state index contributed by atoms with van der Waals surface area (Å²) in [6, 6.07) is 0.718. The van der Waals surface area contributed by atoms with Crippen molar-refractivity contribution < 1.29 is 4.57 Å². The second kappa shape index (κ2) is 5.22. The van der Waals surface area contributed by atoms with Crippen LogP contribution in [-0.4, -0.2) is 41.3 Å². The molecule has 0 unspecified atom stereocenters.